The van der Waals surface area contributed by atoms with E-state index in [1.165, 1.54) is 12.1 Å². The predicted molar refractivity (Wildman–Crippen MR) is 86.1 cm³/mol. The summed E-state index contributed by atoms with van der Waals surface area (Å²) in [6, 6.07) is 7.97. The van der Waals surface area contributed by atoms with Crippen LogP contribution in [0.15, 0.2) is 30.3 Å². The molecule has 3 rings (SSSR count). The van der Waals surface area contributed by atoms with Crippen molar-refractivity contribution in [2.75, 3.05) is 18.5 Å². The zero-order valence-corrected chi connectivity index (χ0v) is 12.9. The molecule has 3 N–H and O–H groups in total. The summed E-state index contributed by atoms with van der Waals surface area (Å²) in [5, 5.41) is 30.5. The van der Waals surface area contributed by atoms with E-state index < -0.39 is 6.10 Å². The Bertz CT molecular complexity index is 773. The highest BCUT2D eigenvalue weighted by Crippen LogP contribution is 2.33. The lowest BCUT2D eigenvalue weighted by molar-refractivity contribution is 0.105. The van der Waals surface area contributed by atoms with Gasteiger partial charge >= 0.3 is 0 Å². The van der Waals surface area contributed by atoms with E-state index in [0.29, 0.717) is 18.9 Å². The van der Waals surface area contributed by atoms with Crippen molar-refractivity contribution >= 4 is 5.82 Å². The third-order valence-corrected chi connectivity index (χ3v) is 3.93. The number of benzene rings is 1. The minimum Gasteiger partial charge on any atom is -0.394 e. The second kappa shape index (κ2) is 6.83. The maximum Gasteiger partial charge on any atom is 0.180 e. The number of nitrogens with one attached hydrogen (secondary N) is 1. The fourth-order valence-electron chi connectivity index (χ4n) is 2.69. The summed E-state index contributed by atoms with van der Waals surface area (Å²) >= 11 is 0. The largest absolute Gasteiger partial charge is 0.394 e. The molecule has 1 atom stereocenters. The minimum atomic E-state index is -0.884. The predicted octanol–water partition coefficient (Wildman–Crippen LogP) is 1.45. The number of fused-ring (bicyclic) bond motifs is 1. The number of hydrogen-bond donors (Lipinski definition) is 3. The summed E-state index contributed by atoms with van der Waals surface area (Å²) in [4.78, 5) is 6.09. The van der Waals surface area contributed by atoms with Crippen LogP contribution in [-0.2, 0) is 13.1 Å². The number of nitrogens with zero attached hydrogens (tertiary/aromatic N) is 3. The van der Waals surface area contributed by atoms with Crippen LogP contribution in [0.1, 0.15) is 11.3 Å². The quantitative estimate of drug-likeness (QED) is 0.720. The molecular formula is C17H17FN4O2. The highest BCUT2D eigenvalue weighted by molar-refractivity contribution is 5.72. The molecule has 0 fully saturated rings. The second-order valence-electron chi connectivity index (χ2n) is 5.66. The van der Waals surface area contributed by atoms with Crippen LogP contribution < -0.4 is 5.32 Å². The lowest BCUT2D eigenvalue weighted by atomic mass is 10.00. The summed E-state index contributed by atoms with van der Waals surface area (Å²) in [5.74, 6) is 0.230. The van der Waals surface area contributed by atoms with E-state index in [0.717, 1.165) is 22.4 Å². The Balaban J connectivity index is 1.98. The number of rotatable bonds is 5. The van der Waals surface area contributed by atoms with Crippen LogP contribution in [0.5, 0.6) is 0 Å². The summed E-state index contributed by atoms with van der Waals surface area (Å²) in [5.41, 5.74) is 3.43. The van der Waals surface area contributed by atoms with Crippen molar-refractivity contribution in [3.63, 3.8) is 0 Å². The Morgan fingerprint density at radius 2 is 2.08 bits per heavy atom. The molecule has 1 aromatic carbocycles. The van der Waals surface area contributed by atoms with Crippen LogP contribution in [0.25, 0.3) is 11.1 Å². The van der Waals surface area contributed by atoms with E-state index in [-0.39, 0.29) is 19.0 Å². The van der Waals surface area contributed by atoms with Gasteiger partial charge in [0.15, 0.2) is 6.19 Å². The topological polar surface area (TPSA) is 92.4 Å². The Morgan fingerprint density at radius 1 is 1.33 bits per heavy atom. The first-order valence-corrected chi connectivity index (χ1v) is 7.57. The van der Waals surface area contributed by atoms with Gasteiger partial charge in [0.25, 0.3) is 0 Å². The number of aliphatic hydroxyl groups excluding tert-OH is 2. The van der Waals surface area contributed by atoms with Gasteiger partial charge in [-0.2, -0.15) is 5.26 Å². The van der Waals surface area contributed by atoms with E-state index in [1.807, 2.05) is 6.07 Å². The molecule has 1 aliphatic heterocycles. The molecule has 1 aromatic heterocycles. The lowest BCUT2D eigenvalue weighted by Gasteiger charge is -2.14. The summed E-state index contributed by atoms with van der Waals surface area (Å²) in [6.07, 6.45) is 1.23. The van der Waals surface area contributed by atoms with E-state index in [1.54, 1.807) is 17.0 Å². The third-order valence-electron chi connectivity index (χ3n) is 3.93. The molecule has 2 aromatic rings. The Labute approximate surface area is 138 Å². The minimum absolute atomic E-state index is 0.160. The summed E-state index contributed by atoms with van der Waals surface area (Å²) < 4.78 is 13.2. The highest BCUT2D eigenvalue weighted by atomic mass is 19.1. The van der Waals surface area contributed by atoms with Crippen LogP contribution in [0.4, 0.5) is 10.2 Å². The smallest absolute Gasteiger partial charge is 0.180 e. The molecule has 24 heavy (non-hydrogen) atoms. The van der Waals surface area contributed by atoms with Gasteiger partial charge < -0.3 is 20.4 Å². The van der Waals surface area contributed by atoms with Crippen molar-refractivity contribution in [2.24, 2.45) is 0 Å². The van der Waals surface area contributed by atoms with Gasteiger partial charge in [-0.05, 0) is 29.3 Å². The van der Waals surface area contributed by atoms with Gasteiger partial charge in [0, 0.05) is 12.1 Å². The number of hydrogen-bond acceptors (Lipinski definition) is 6. The molecule has 1 unspecified atom stereocenters. The van der Waals surface area contributed by atoms with Gasteiger partial charge in [-0.15, -0.1) is 0 Å². The molecule has 0 aliphatic carbocycles. The number of aliphatic hydroxyl groups is 2. The maximum absolute atomic E-state index is 13.2. The van der Waals surface area contributed by atoms with E-state index in [9.17, 15) is 9.50 Å². The van der Waals surface area contributed by atoms with Crippen LogP contribution in [0, 0.1) is 17.3 Å². The van der Waals surface area contributed by atoms with Crippen molar-refractivity contribution in [3.05, 3.63) is 47.4 Å². The molecule has 0 radical (unpaired) electrons. The standard InChI is InChI=1S/C17H17FN4O2/c18-12-3-1-11(2-4-12)14-5-17(20-6-13(24)9-23)21-16-8-22(10-19)7-15(14)16/h1-5,13,23-24H,6-9H2,(H,20,21). The molecule has 124 valence electrons. The summed E-state index contributed by atoms with van der Waals surface area (Å²) in [6.45, 7) is 0.696. The van der Waals surface area contributed by atoms with Crippen molar-refractivity contribution in [1.29, 1.82) is 5.26 Å². The number of pyridine rings is 1. The van der Waals surface area contributed by atoms with Crippen LogP contribution in [0.2, 0.25) is 0 Å². The average Bonchev–Trinajstić information content (AvgIpc) is 3.02. The van der Waals surface area contributed by atoms with Crippen LogP contribution in [0.3, 0.4) is 0 Å². The number of aromatic nitrogens is 1. The monoisotopic (exact) mass is 328 g/mol. The Hall–Kier alpha value is -2.69. The zero-order chi connectivity index (χ0) is 17.1. The van der Waals surface area contributed by atoms with Gasteiger partial charge in [-0.25, -0.2) is 9.37 Å². The second-order valence-corrected chi connectivity index (χ2v) is 5.66. The molecule has 0 bridgehead atoms. The van der Waals surface area contributed by atoms with Gasteiger partial charge in [0.2, 0.25) is 0 Å². The molecule has 1 aliphatic rings. The van der Waals surface area contributed by atoms with Gasteiger partial charge in [0.05, 0.1) is 31.5 Å². The lowest BCUT2D eigenvalue weighted by Crippen LogP contribution is -2.23. The van der Waals surface area contributed by atoms with Gasteiger partial charge in [0.1, 0.15) is 11.6 Å². The van der Waals surface area contributed by atoms with Crippen molar-refractivity contribution in [2.45, 2.75) is 19.2 Å². The number of nitriles is 1. The Kier molecular flexibility index (Phi) is 4.60. The molecular weight excluding hydrogens is 311 g/mol. The normalized spacial score (nSPS) is 14.2. The average molecular weight is 328 g/mol. The van der Waals surface area contributed by atoms with E-state index in [4.69, 9.17) is 10.4 Å². The number of halogens is 1. The number of anilines is 1. The molecule has 0 amide bonds. The zero-order valence-electron chi connectivity index (χ0n) is 12.9. The van der Waals surface area contributed by atoms with Gasteiger partial charge in [-0.3, -0.25) is 0 Å². The first kappa shape index (κ1) is 16.2. The fourth-order valence-corrected chi connectivity index (χ4v) is 2.69. The fraction of sp³-hybridized carbons (Fsp3) is 0.294. The molecule has 0 spiro atoms. The molecule has 6 nitrogen and oxygen atoms in total. The first-order valence-electron chi connectivity index (χ1n) is 7.57. The van der Waals surface area contributed by atoms with Crippen molar-refractivity contribution in [1.82, 2.24) is 9.88 Å². The van der Waals surface area contributed by atoms with E-state index in [2.05, 4.69) is 16.5 Å². The van der Waals surface area contributed by atoms with Gasteiger partial charge in [-0.1, -0.05) is 12.1 Å². The maximum atomic E-state index is 13.2. The molecule has 0 saturated carbocycles. The SMILES string of the molecule is N#CN1Cc2nc(NCC(O)CO)cc(-c3ccc(F)cc3)c2C1. The van der Waals surface area contributed by atoms with Crippen LogP contribution >= 0.6 is 0 Å². The summed E-state index contributed by atoms with van der Waals surface area (Å²) in [7, 11) is 0. The molecule has 0 saturated heterocycles. The van der Waals surface area contributed by atoms with Crippen molar-refractivity contribution in [3.8, 4) is 17.3 Å². The first-order chi connectivity index (χ1) is 11.6. The molecule has 7 heteroatoms. The van der Waals surface area contributed by atoms with Crippen molar-refractivity contribution < 1.29 is 14.6 Å². The van der Waals surface area contributed by atoms with E-state index >= 15 is 0 Å². The highest BCUT2D eigenvalue weighted by Gasteiger charge is 2.24. The Morgan fingerprint density at radius 3 is 2.75 bits per heavy atom. The third kappa shape index (κ3) is 3.30. The van der Waals surface area contributed by atoms with Crippen LogP contribution in [-0.4, -0.2) is 39.4 Å². The molecule has 2 heterocycles.